The van der Waals surface area contributed by atoms with Crippen LogP contribution in [0, 0.1) is 13.8 Å². The van der Waals surface area contributed by atoms with Gasteiger partial charge < -0.3 is 23.5 Å². The van der Waals surface area contributed by atoms with Gasteiger partial charge in [-0.3, -0.25) is 0 Å². The Morgan fingerprint density at radius 2 is 1.50 bits per heavy atom. The topological polar surface area (TPSA) is 75.8 Å². The third-order valence-corrected chi connectivity index (χ3v) is 8.62. The maximum Gasteiger partial charge on any atom is 0.167 e. The van der Waals surface area contributed by atoms with Crippen molar-refractivity contribution >= 4 is 21.6 Å². The van der Waals surface area contributed by atoms with Gasteiger partial charge in [-0.25, -0.2) is 4.98 Å². The van der Waals surface area contributed by atoms with Gasteiger partial charge in [0, 0.05) is 22.8 Å². The van der Waals surface area contributed by atoms with Crippen LogP contribution in [-0.4, -0.2) is 37.6 Å². The van der Waals surface area contributed by atoms with Gasteiger partial charge in [-0.2, -0.15) is 0 Å². The van der Waals surface area contributed by atoms with Gasteiger partial charge in [0.15, 0.2) is 17.3 Å². The Hall–Kier alpha value is -4.82. The van der Waals surface area contributed by atoms with Crippen LogP contribution in [0.2, 0.25) is 0 Å². The summed E-state index contributed by atoms with van der Waals surface area (Å²) in [7, 11) is 3.31. The quantitative estimate of drug-likeness (QED) is 0.129. The Morgan fingerprint density at radius 1 is 0.705 bits per heavy atom. The molecule has 2 aromatic heterocycles. The number of thiazole rings is 1. The fraction of sp³-hybridized carbons (Fsp3) is 0.222. The lowest BCUT2D eigenvalue weighted by Crippen LogP contribution is -2.03. The van der Waals surface area contributed by atoms with Gasteiger partial charge >= 0.3 is 0 Å². The molecule has 0 saturated carbocycles. The van der Waals surface area contributed by atoms with E-state index in [1.165, 1.54) is 4.70 Å². The Labute approximate surface area is 261 Å². The van der Waals surface area contributed by atoms with Crippen LogP contribution >= 0.6 is 11.3 Å². The van der Waals surface area contributed by atoms with Gasteiger partial charge in [-0.15, -0.1) is 11.3 Å². The van der Waals surface area contributed by atoms with Gasteiger partial charge in [0.2, 0.25) is 0 Å². The van der Waals surface area contributed by atoms with E-state index in [0.29, 0.717) is 30.5 Å². The summed E-state index contributed by atoms with van der Waals surface area (Å²) in [6.07, 6.45) is 1.67. The third-order valence-electron chi connectivity index (χ3n) is 7.53. The minimum absolute atomic E-state index is 0.527. The molecule has 4 aromatic carbocycles. The smallest absolute Gasteiger partial charge is 0.167 e. The van der Waals surface area contributed by atoms with E-state index < -0.39 is 0 Å². The molecule has 0 aliphatic carbocycles. The number of rotatable bonds is 12. The van der Waals surface area contributed by atoms with E-state index in [4.69, 9.17) is 28.5 Å². The van der Waals surface area contributed by atoms with E-state index >= 15 is 0 Å². The van der Waals surface area contributed by atoms with Crippen LogP contribution in [0.1, 0.15) is 24.0 Å². The molecule has 2 heterocycles. The van der Waals surface area contributed by atoms with Gasteiger partial charge in [-0.1, -0.05) is 29.4 Å². The first kappa shape index (κ1) is 29.3. The van der Waals surface area contributed by atoms with E-state index in [1.54, 1.807) is 25.6 Å². The van der Waals surface area contributed by atoms with E-state index in [0.717, 1.165) is 68.4 Å². The van der Waals surface area contributed by atoms with Gasteiger partial charge in [0.1, 0.15) is 22.2 Å². The van der Waals surface area contributed by atoms with Crippen LogP contribution < -0.4 is 18.9 Å². The number of aryl methyl sites for hydroxylation is 1. The molecule has 44 heavy (non-hydrogen) atoms. The predicted octanol–water partition coefficient (Wildman–Crippen LogP) is 9.16. The fourth-order valence-electron chi connectivity index (χ4n) is 4.97. The molecule has 0 atom stereocenters. The number of aromatic nitrogens is 2. The van der Waals surface area contributed by atoms with Crippen LogP contribution in [0.3, 0.4) is 0 Å². The highest BCUT2D eigenvalue weighted by molar-refractivity contribution is 7.21. The summed E-state index contributed by atoms with van der Waals surface area (Å²) in [4.78, 5) is 4.76. The molecule has 0 radical (unpaired) electrons. The van der Waals surface area contributed by atoms with Gasteiger partial charge in [-0.05, 0) is 92.4 Å². The molecule has 0 spiro atoms. The summed E-state index contributed by atoms with van der Waals surface area (Å²) in [5, 5.41) is 5.31. The molecule has 6 rings (SSSR count). The molecule has 7 nitrogen and oxygen atoms in total. The Kier molecular flexibility index (Phi) is 8.79. The molecule has 0 amide bonds. The molecular formula is C36H34N2O5S. The number of para-hydroxylation sites is 1. The average molecular weight is 607 g/mol. The Morgan fingerprint density at radius 3 is 2.32 bits per heavy atom. The van der Waals surface area contributed by atoms with Crippen molar-refractivity contribution in [2.45, 2.75) is 26.7 Å². The molecule has 224 valence electrons. The first-order valence-electron chi connectivity index (χ1n) is 14.5. The Bertz CT molecular complexity index is 1860. The molecule has 0 N–H and O–H groups in total. The third kappa shape index (κ3) is 6.40. The van der Waals surface area contributed by atoms with Crippen molar-refractivity contribution in [2.75, 3.05) is 27.4 Å². The van der Waals surface area contributed by atoms with Crippen molar-refractivity contribution in [1.29, 1.82) is 0 Å². The highest BCUT2D eigenvalue weighted by Gasteiger charge is 2.15. The van der Waals surface area contributed by atoms with Gasteiger partial charge in [0.05, 0.1) is 37.6 Å². The van der Waals surface area contributed by atoms with Crippen LogP contribution in [0.25, 0.3) is 43.4 Å². The summed E-state index contributed by atoms with van der Waals surface area (Å²) in [6.45, 7) is 5.22. The first-order valence-corrected chi connectivity index (χ1v) is 15.4. The lowest BCUT2D eigenvalue weighted by molar-refractivity contribution is 0.258. The summed E-state index contributed by atoms with van der Waals surface area (Å²) in [5.74, 6) is 3.62. The summed E-state index contributed by atoms with van der Waals surface area (Å²) >= 11 is 1.69. The van der Waals surface area contributed by atoms with Crippen molar-refractivity contribution in [2.24, 2.45) is 0 Å². The highest BCUT2D eigenvalue weighted by Crippen LogP contribution is 2.36. The molecular weight excluding hydrogens is 572 g/mol. The number of unbranched alkanes of at least 4 members (excludes halogenated alkanes) is 1. The highest BCUT2D eigenvalue weighted by atomic mass is 32.1. The number of hydrogen-bond acceptors (Lipinski definition) is 8. The second kappa shape index (κ2) is 13.2. The van der Waals surface area contributed by atoms with Crippen molar-refractivity contribution in [3.63, 3.8) is 0 Å². The zero-order chi connectivity index (χ0) is 30.5. The molecule has 0 aliphatic rings. The SMILES string of the molecule is COc1ccc(-c2cc(-c3cc(C)c(C)c(OC)c3)no2)cc1OCCCCOc1cccc(-c2nc3ccccc3s2)c1. The number of nitrogens with zero attached hydrogens (tertiary/aromatic N) is 2. The molecule has 0 aliphatic heterocycles. The normalized spacial score (nSPS) is 11.1. The maximum atomic E-state index is 6.13. The molecule has 0 saturated heterocycles. The minimum atomic E-state index is 0.527. The first-order chi connectivity index (χ1) is 21.5. The molecule has 6 aromatic rings. The fourth-order valence-corrected chi connectivity index (χ4v) is 5.93. The van der Waals surface area contributed by atoms with E-state index in [-0.39, 0.29) is 0 Å². The molecule has 8 heteroatoms. The zero-order valence-electron chi connectivity index (χ0n) is 25.3. The molecule has 0 fully saturated rings. The number of ether oxygens (including phenoxy) is 4. The maximum absolute atomic E-state index is 6.13. The Balaban J connectivity index is 1.04. The lowest BCUT2D eigenvalue weighted by atomic mass is 10.0. The molecule has 0 unspecified atom stereocenters. The van der Waals surface area contributed by atoms with Gasteiger partial charge in [0.25, 0.3) is 0 Å². The van der Waals surface area contributed by atoms with Crippen LogP contribution in [0.15, 0.2) is 89.5 Å². The van der Waals surface area contributed by atoms with Crippen molar-refractivity contribution in [3.05, 3.63) is 96.1 Å². The van der Waals surface area contributed by atoms with Crippen LogP contribution in [0.5, 0.6) is 23.0 Å². The predicted molar refractivity (Wildman–Crippen MR) is 175 cm³/mol. The van der Waals surface area contributed by atoms with E-state index in [1.807, 2.05) is 67.6 Å². The standard InChI is InChI=1S/C36H34N2O5S/c1-23-18-27(21-32(40-4)24(23)2)30-22-33(43-38-30)25-14-15-31(39-3)34(20-25)42-17-8-7-16-41-28-11-9-10-26(19-28)36-37-29-12-5-6-13-35(29)44-36/h5-6,9-15,18-22H,7-8,16-17H2,1-4H3. The summed E-state index contributed by atoms with van der Waals surface area (Å²) < 4.78 is 30.2. The van der Waals surface area contributed by atoms with Crippen LogP contribution in [0.4, 0.5) is 0 Å². The number of fused-ring (bicyclic) bond motifs is 1. The van der Waals surface area contributed by atoms with Crippen molar-refractivity contribution < 1.29 is 23.5 Å². The summed E-state index contributed by atoms with van der Waals surface area (Å²) in [6, 6.07) is 28.0. The minimum Gasteiger partial charge on any atom is -0.496 e. The van der Waals surface area contributed by atoms with Crippen LogP contribution in [-0.2, 0) is 0 Å². The van der Waals surface area contributed by atoms with Crippen molar-refractivity contribution in [3.8, 4) is 56.2 Å². The number of hydrogen-bond donors (Lipinski definition) is 0. The monoisotopic (exact) mass is 606 g/mol. The summed E-state index contributed by atoms with van der Waals surface area (Å²) in [5.41, 5.74) is 6.86. The second-order valence-electron chi connectivity index (χ2n) is 10.5. The average Bonchev–Trinajstić information content (AvgIpc) is 3.72. The largest absolute Gasteiger partial charge is 0.496 e. The second-order valence-corrected chi connectivity index (χ2v) is 11.5. The molecule has 0 bridgehead atoms. The lowest BCUT2D eigenvalue weighted by Gasteiger charge is -2.12. The van der Waals surface area contributed by atoms with Crippen molar-refractivity contribution in [1.82, 2.24) is 10.1 Å². The van der Waals surface area contributed by atoms with E-state index in [2.05, 4.69) is 36.3 Å². The number of methoxy groups -OCH3 is 2. The number of benzene rings is 4. The zero-order valence-corrected chi connectivity index (χ0v) is 26.1. The van der Waals surface area contributed by atoms with E-state index in [9.17, 15) is 0 Å².